The molecule has 0 aliphatic rings. The normalized spacial score (nSPS) is 10.4. The summed E-state index contributed by atoms with van der Waals surface area (Å²) in [5.41, 5.74) is 0.481. The summed E-state index contributed by atoms with van der Waals surface area (Å²) in [6.07, 6.45) is 0.201. The summed E-state index contributed by atoms with van der Waals surface area (Å²) in [6.45, 7) is 0. The first-order chi connectivity index (χ1) is 7.11. The Morgan fingerprint density at radius 1 is 1.13 bits per heavy atom. The predicted octanol–water partition coefficient (Wildman–Crippen LogP) is 1.87. The molecule has 0 saturated carbocycles. The topological polar surface area (TPSA) is 79.5 Å². The lowest BCUT2D eigenvalue weighted by atomic mass is 10.1. The van der Waals surface area contributed by atoms with E-state index in [-0.39, 0.29) is 5.56 Å². The van der Waals surface area contributed by atoms with Gasteiger partial charge in [-0.3, -0.25) is 4.57 Å². The lowest BCUT2D eigenvalue weighted by Gasteiger charge is -1.99. The van der Waals surface area contributed by atoms with E-state index in [2.05, 4.69) is 0 Å². The molecule has 1 heterocycles. The summed E-state index contributed by atoms with van der Waals surface area (Å²) in [5.74, 6) is -1.07. The van der Waals surface area contributed by atoms with Crippen molar-refractivity contribution in [3.63, 3.8) is 0 Å². The average Bonchev–Trinajstić information content (AvgIpc) is 2.59. The first-order valence-corrected chi connectivity index (χ1v) is 4.18. The maximum atomic E-state index is 10.8. The monoisotopic (exact) mass is 205 g/mol. The third-order valence-corrected chi connectivity index (χ3v) is 2.17. The molecule has 1 aromatic heterocycles. The number of nitrogens with zero attached hydrogens (tertiary/aromatic N) is 1. The largest absolute Gasteiger partial charge is 0.478 e. The van der Waals surface area contributed by atoms with Crippen molar-refractivity contribution in [1.82, 2.24) is 4.57 Å². The third kappa shape index (κ3) is 1.34. The van der Waals surface area contributed by atoms with Gasteiger partial charge in [0, 0.05) is 11.6 Å². The number of aromatic carboxylic acids is 1. The van der Waals surface area contributed by atoms with E-state index >= 15 is 0 Å². The van der Waals surface area contributed by atoms with Crippen molar-refractivity contribution in [2.75, 3.05) is 0 Å². The van der Waals surface area contributed by atoms with Gasteiger partial charge in [0.05, 0.1) is 11.1 Å². The Balaban J connectivity index is 2.80. The maximum Gasteiger partial charge on any atom is 0.415 e. The molecule has 0 bridgehead atoms. The van der Waals surface area contributed by atoms with Crippen LogP contribution in [0.3, 0.4) is 0 Å². The predicted molar refractivity (Wildman–Crippen MR) is 52.3 cm³/mol. The fourth-order valence-electron chi connectivity index (χ4n) is 1.52. The molecule has 0 radical (unpaired) electrons. The molecule has 0 spiro atoms. The van der Waals surface area contributed by atoms with E-state index in [1.807, 2.05) is 0 Å². The number of rotatable bonds is 1. The molecule has 2 aromatic rings. The van der Waals surface area contributed by atoms with Crippen LogP contribution in [-0.4, -0.2) is 26.8 Å². The van der Waals surface area contributed by atoms with Gasteiger partial charge in [-0.2, -0.15) is 0 Å². The van der Waals surface area contributed by atoms with Crippen LogP contribution < -0.4 is 0 Å². The van der Waals surface area contributed by atoms with Gasteiger partial charge in [-0.1, -0.05) is 6.07 Å². The van der Waals surface area contributed by atoms with Crippen molar-refractivity contribution in [3.05, 3.63) is 36.0 Å². The minimum absolute atomic E-state index is 0.104. The van der Waals surface area contributed by atoms with Gasteiger partial charge in [-0.05, 0) is 18.2 Å². The van der Waals surface area contributed by atoms with Crippen LogP contribution in [0.2, 0.25) is 0 Å². The molecule has 0 aliphatic carbocycles. The Bertz CT molecular complexity index is 556. The Morgan fingerprint density at radius 2 is 1.87 bits per heavy atom. The van der Waals surface area contributed by atoms with Crippen LogP contribution in [-0.2, 0) is 0 Å². The van der Waals surface area contributed by atoms with E-state index in [0.717, 1.165) is 4.57 Å². The summed E-state index contributed by atoms with van der Waals surface area (Å²) >= 11 is 0. The molecule has 0 unspecified atom stereocenters. The highest BCUT2D eigenvalue weighted by molar-refractivity contribution is 6.04. The highest BCUT2D eigenvalue weighted by atomic mass is 16.4. The first kappa shape index (κ1) is 9.26. The Labute approximate surface area is 84.2 Å². The SMILES string of the molecule is O=C(O)c1cccc2c1ccn2C(=O)O. The summed E-state index contributed by atoms with van der Waals surface area (Å²) in [4.78, 5) is 21.6. The van der Waals surface area contributed by atoms with Crippen molar-refractivity contribution in [1.29, 1.82) is 0 Å². The molecule has 5 heteroatoms. The Morgan fingerprint density at radius 3 is 2.47 bits per heavy atom. The number of carboxylic acid groups (broad SMARTS) is 2. The van der Waals surface area contributed by atoms with Crippen LogP contribution in [0.25, 0.3) is 10.9 Å². The zero-order chi connectivity index (χ0) is 11.0. The van der Waals surface area contributed by atoms with E-state index in [1.165, 1.54) is 24.4 Å². The molecule has 0 aliphatic heterocycles. The van der Waals surface area contributed by atoms with E-state index in [0.29, 0.717) is 10.9 Å². The Hall–Kier alpha value is -2.30. The highest BCUT2D eigenvalue weighted by Gasteiger charge is 2.12. The minimum Gasteiger partial charge on any atom is -0.478 e. The number of fused-ring (bicyclic) bond motifs is 1. The first-order valence-electron chi connectivity index (χ1n) is 4.18. The van der Waals surface area contributed by atoms with Gasteiger partial charge in [0.1, 0.15) is 0 Å². The van der Waals surface area contributed by atoms with Crippen LogP contribution in [0.4, 0.5) is 4.79 Å². The van der Waals surface area contributed by atoms with Crippen molar-refractivity contribution >= 4 is 23.0 Å². The zero-order valence-corrected chi connectivity index (χ0v) is 7.54. The fraction of sp³-hybridized carbons (Fsp3) is 0. The van der Waals surface area contributed by atoms with Gasteiger partial charge < -0.3 is 10.2 Å². The molecule has 0 fully saturated rings. The van der Waals surface area contributed by atoms with E-state index in [4.69, 9.17) is 10.2 Å². The van der Waals surface area contributed by atoms with Crippen molar-refractivity contribution in [2.45, 2.75) is 0 Å². The number of benzene rings is 1. The number of carbonyl (C=O) groups is 2. The van der Waals surface area contributed by atoms with E-state index < -0.39 is 12.1 Å². The average molecular weight is 205 g/mol. The summed E-state index contributed by atoms with van der Waals surface area (Å²) < 4.78 is 0.988. The minimum atomic E-state index is -1.13. The number of hydrogen-bond acceptors (Lipinski definition) is 2. The number of hydrogen-bond donors (Lipinski definition) is 2. The van der Waals surface area contributed by atoms with Gasteiger partial charge in [-0.15, -0.1) is 0 Å². The molecule has 0 saturated heterocycles. The molecule has 1 aromatic carbocycles. The Kier molecular flexibility index (Phi) is 1.93. The molecule has 2 rings (SSSR count). The molecule has 2 N–H and O–H groups in total. The molecule has 0 amide bonds. The van der Waals surface area contributed by atoms with Gasteiger partial charge in [-0.25, -0.2) is 9.59 Å². The summed E-state index contributed by atoms with van der Waals surface area (Å²) in [6, 6.07) is 6.00. The second-order valence-corrected chi connectivity index (χ2v) is 3.01. The standard InChI is InChI=1S/C10H7NO4/c12-9(13)7-2-1-3-8-6(7)4-5-11(8)10(14)15/h1-5H,(H,12,13)(H,14,15). The van der Waals surface area contributed by atoms with Crippen molar-refractivity contribution in [2.24, 2.45) is 0 Å². The van der Waals surface area contributed by atoms with Crippen LogP contribution >= 0.6 is 0 Å². The molecule has 76 valence electrons. The zero-order valence-electron chi connectivity index (χ0n) is 7.54. The second-order valence-electron chi connectivity index (χ2n) is 3.01. The van der Waals surface area contributed by atoms with Gasteiger partial charge in [0.15, 0.2) is 0 Å². The van der Waals surface area contributed by atoms with Gasteiger partial charge in [0.2, 0.25) is 0 Å². The number of carboxylic acids is 1. The van der Waals surface area contributed by atoms with Crippen molar-refractivity contribution in [3.8, 4) is 0 Å². The molecular formula is C10H7NO4. The number of aromatic nitrogens is 1. The fourth-order valence-corrected chi connectivity index (χ4v) is 1.52. The molecule has 5 nitrogen and oxygen atoms in total. The van der Waals surface area contributed by atoms with Crippen LogP contribution in [0.15, 0.2) is 30.5 Å². The van der Waals surface area contributed by atoms with Crippen molar-refractivity contribution < 1.29 is 19.8 Å². The van der Waals surface area contributed by atoms with Crippen LogP contribution in [0, 0.1) is 0 Å². The maximum absolute atomic E-state index is 10.8. The van der Waals surface area contributed by atoms with Crippen LogP contribution in [0.5, 0.6) is 0 Å². The summed E-state index contributed by atoms with van der Waals surface area (Å²) in [5, 5.41) is 18.1. The van der Waals surface area contributed by atoms with E-state index in [9.17, 15) is 9.59 Å². The third-order valence-electron chi connectivity index (χ3n) is 2.17. The van der Waals surface area contributed by atoms with E-state index in [1.54, 1.807) is 6.07 Å². The lowest BCUT2D eigenvalue weighted by molar-refractivity contribution is 0.0699. The molecule has 0 atom stereocenters. The quantitative estimate of drug-likeness (QED) is 0.744. The highest BCUT2D eigenvalue weighted by Crippen LogP contribution is 2.20. The summed E-state index contributed by atoms with van der Waals surface area (Å²) in [7, 11) is 0. The van der Waals surface area contributed by atoms with Crippen LogP contribution in [0.1, 0.15) is 10.4 Å². The second kappa shape index (κ2) is 3.13. The lowest BCUT2D eigenvalue weighted by Crippen LogP contribution is -2.06. The van der Waals surface area contributed by atoms with Gasteiger partial charge >= 0.3 is 12.1 Å². The molecule has 15 heavy (non-hydrogen) atoms. The van der Waals surface area contributed by atoms with Gasteiger partial charge in [0.25, 0.3) is 0 Å². The smallest absolute Gasteiger partial charge is 0.415 e. The molecular weight excluding hydrogens is 198 g/mol.